The van der Waals surface area contributed by atoms with Gasteiger partial charge >= 0.3 is 5.97 Å². The minimum absolute atomic E-state index is 0.204. The molecule has 2 aromatic carbocycles. The van der Waals surface area contributed by atoms with Crippen molar-refractivity contribution in [2.75, 3.05) is 29.8 Å². The highest BCUT2D eigenvalue weighted by atomic mass is 16.5. The molecule has 41 heavy (non-hydrogen) atoms. The molecule has 12 nitrogen and oxygen atoms in total. The number of anilines is 4. The molecule has 0 bridgehead atoms. The Balaban J connectivity index is 1.28. The average molecular weight is 554 g/mol. The van der Waals surface area contributed by atoms with E-state index in [1.807, 2.05) is 36.4 Å². The number of furan rings is 2. The SMILES string of the molecule is CCOC(=O)c1ccc(-c2ccc(/C=N\Nc3nc(NCc4ccco4)nc(Nc4ccc(OC)cc4)n3)o2)cc1. The lowest BCUT2D eigenvalue weighted by Crippen LogP contribution is -2.09. The first-order chi connectivity index (χ1) is 20.1. The third-order valence-electron chi connectivity index (χ3n) is 5.65. The molecule has 0 atom stereocenters. The molecule has 0 aliphatic carbocycles. The molecule has 0 saturated heterocycles. The van der Waals surface area contributed by atoms with E-state index in [4.69, 9.17) is 18.3 Å². The Hall–Kier alpha value is -5.65. The number of ether oxygens (including phenoxy) is 2. The number of benzene rings is 2. The summed E-state index contributed by atoms with van der Waals surface area (Å²) >= 11 is 0. The van der Waals surface area contributed by atoms with Gasteiger partial charge in [0.15, 0.2) is 0 Å². The lowest BCUT2D eigenvalue weighted by atomic mass is 10.1. The number of methoxy groups -OCH3 is 1. The fourth-order valence-corrected chi connectivity index (χ4v) is 3.66. The summed E-state index contributed by atoms with van der Waals surface area (Å²) in [5.74, 6) is 3.05. The second kappa shape index (κ2) is 12.9. The van der Waals surface area contributed by atoms with Gasteiger partial charge in [-0.05, 0) is 67.6 Å². The average Bonchev–Trinajstić information content (AvgIpc) is 3.70. The topological polar surface area (TPSA) is 149 Å². The second-order valence-electron chi connectivity index (χ2n) is 8.46. The van der Waals surface area contributed by atoms with Crippen molar-refractivity contribution in [3.63, 3.8) is 0 Å². The third-order valence-corrected chi connectivity index (χ3v) is 5.65. The van der Waals surface area contributed by atoms with E-state index in [1.165, 1.54) is 6.21 Å². The number of nitrogens with zero attached hydrogens (tertiary/aromatic N) is 4. The summed E-state index contributed by atoms with van der Waals surface area (Å²) in [6, 6.07) is 21.6. The van der Waals surface area contributed by atoms with Crippen LogP contribution in [0.15, 0.2) is 93.0 Å². The Bertz CT molecular complexity index is 1600. The van der Waals surface area contributed by atoms with E-state index in [0.717, 1.165) is 22.8 Å². The molecule has 0 amide bonds. The fraction of sp³-hybridized carbons (Fsp3) is 0.138. The number of carbonyl (C=O) groups excluding carboxylic acids is 1. The number of hydrogen-bond acceptors (Lipinski definition) is 12. The van der Waals surface area contributed by atoms with Gasteiger partial charge in [-0.15, -0.1) is 0 Å². The Morgan fingerprint density at radius 2 is 1.73 bits per heavy atom. The predicted octanol–water partition coefficient (Wildman–Crippen LogP) is 5.71. The van der Waals surface area contributed by atoms with Crippen molar-refractivity contribution >= 4 is 35.7 Å². The van der Waals surface area contributed by atoms with Crippen molar-refractivity contribution < 1.29 is 23.1 Å². The summed E-state index contributed by atoms with van der Waals surface area (Å²) < 4.78 is 21.5. The van der Waals surface area contributed by atoms with E-state index in [-0.39, 0.29) is 11.9 Å². The molecule has 3 N–H and O–H groups in total. The molecule has 0 aliphatic rings. The molecule has 5 rings (SSSR count). The van der Waals surface area contributed by atoms with E-state index in [1.54, 1.807) is 56.7 Å². The fourth-order valence-electron chi connectivity index (χ4n) is 3.66. The van der Waals surface area contributed by atoms with E-state index in [9.17, 15) is 4.79 Å². The van der Waals surface area contributed by atoms with Crippen LogP contribution in [0, 0.1) is 0 Å². The van der Waals surface area contributed by atoms with Gasteiger partial charge < -0.3 is 28.9 Å². The largest absolute Gasteiger partial charge is 0.497 e. The lowest BCUT2D eigenvalue weighted by Gasteiger charge is -2.10. The van der Waals surface area contributed by atoms with Crippen molar-refractivity contribution in [2.45, 2.75) is 13.5 Å². The van der Waals surface area contributed by atoms with Crippen LogP contribution in [0.1, 0.15) is 28.8 Å². The van der Waals surface area contributed by atoms with Crippen LogP contribution in [0.5, 0.6) is 5.75 Å². The summed E-state index contributed by atoms with van der Waals surface area (Å²) in [6.07, 6.45) is 3.11. The van der Waals surface area contributed by atoms with Crippen LogP contribution in [0.25, 0.3) is 11.3 Å². The molecule has 0 aliphatic heterocycles. The Kier molecular flexibility index (Phi) is 8.50. The summed E-state index contributed by atoms with van der Waals surface area (Å²) in [6.45, 7) is 2.48. The standard InChI is InChI=1S/C29H27N7O5/c1-3-39-26(37)20-8-6-19(7-9-20)25-15-14-24(41-25)18-31-36-29-34-27(30-17-23-5-4-16-40-23)33-28(35-29)32-21-10-12-22(38-2)13-11-21/h4-16,18H,3,17H2,1-2H3,(H3,30,32,33,34,35,36)/b31-18-. The van der Waals surface area contributed by atoms with Crippen molar-refractivity contribution in [1.29, 1.82) is 0 Å². The monoisotopic (exact) mass is 553 g/mol. The summed E-state index contributed by atoms with van der Waals surface area (Å²) in [5, 5.41) is 10.5. The minimum Gasteiger partial charge on any atom is -0.497 e. The van der Waals surface area contributed by atoms with Crippen molar-refractivity contribution in [3.8, 4) is 17.1 Å². The summed E-state index contributed by atoms with van der Waals surface area (Å²) in [5.41, 5.74) is 4.88. The summed E-state index contributed by atoms with van der Waals surface area (Å²) in [4.78, 5) is 25.1. The smallest absolute Gasteiger partial charge is 0.338 e. The van der Waals surface area contributed by atoms with Gasteiger partial charge in [-0.1, -0.05) is 12.1 Å². The maximum Gasteiger partial charge on any atom is 0.338 e. The van der Waals surface area contributed by atoms with Crippen LogP contribution >= 0.6 is 0 Å². The van der Waals surface area contributed by atoms with Gasteiger partial charge in [-0.25, -0.2) is 10.2 Å². The maximum atomic E-state index is 11.9. The molecule has 0 saturated carbocycles. The van der Waals surface area contributed by atoms with E-state index in [0.29, 0.717) is 42.1 Å². The highest BCUT2D eigenvalue weighted by molar-refractivity contribution is 5.90. The summed E-state index contributed by atoms with van der Waals surface area (Å²) in [7, 11) is 1.61. The van der Waals surface area contributed by atoms with Gasteiger partial charge in [0.25, 0.3) is 0 Å². The quantitative estimate of drug-likeness (QED) is 0.0990. The molecular formula is C29H27N7O5. The highest BCUT2D eigenvalue weighted by Gasteiger charge is 2.10. The zero-order valence-corrected chi connectivity index (χ0v) is 22.3. The van der Waals surface area contributed by atoms with Crippen LogP contribution in [0.4, 0.5) is 23.5 Å². The van der Waals surface area contributed by atoms with Crippen LogP contribution in [-0.2, 0) is 11.3 Å². The van der Waals surface area contributed by atoms with Crippen LogP contribution < -0.4 is 20.8 Å². The lowest BCUT2D eigenvalue weighted by molar-refractivity contribution is 0.0526. The van der Waals surface area contributed by atoms with Gasteiger partial charge in [0.05, 0.1) is 38.3 Å². The number of esters is 1. The molecule has 3 aromatic heterocycles. The molecule has 208 valence electrons. The van der Waals surface area contributed by atoms with Gasteiger partial charge in [-0.2, -0.15) is 20.1 Å². The molecular weight excluding hydrogens is 526 g/mol. The van der Waals surface area contributed by atoms with Gasteiger partial charge in [0.1, 0.15) is 23.0 Å². The number of hydrogen-bond donors (Lipinski definition) is 3. The van der Waals surface area contributed by atoms with Crippen molar-refractivity contribution in [1.82, 2.24) is 15.0 Å². The van der Waals surface area contributed by atoms with Gasteiger partial charge in [0.2, 0.25) is 17.8 Å². The van der Waals surface area contributed by atoms with E-state index >= 15 is 0 Å². The third kappa shape index (κ3) is 7.26. The van der Waals surface area contributed by atoms with E-state index in [2.05, 4.69) is 36.1 Å². The Labute approximate surface area is 235 Å². The molecule has 0 fully saturated rings. The van der Waals surface area contributed by atoms with Crippen LogP contribution in [0.3, 0.4) is 0 Å². The molecule has 3 heterocycles. The maximum absolute atomic E-state index is 11.9. The van der Waals surface area contributed by atoms with Crippen LogP contribution in [0.2, 0.25) is 0 Å². The molecule has 0 radical (unpaired) electrons. The normalized spacial score (nSPS) is 10.9. The Morgan fingerprint density at radius 3 is 2.46 bits per heavy atom. The predicted molar refractivity (Wildman–Crippen MR) is 153 cm³/mol. The minimum atomic E-state index is -0.364. The first-order valence-corrected chi connectivity index (χ1v) is 12.7. The zero-order valence-electron chi connectivity index (χ0n) is 22.3. The molecule has 5 aromatic rings. The van der Waals surface area contributed by atoms with Crippen molar-refractivity contribution in [2.24, 2.45) is 5.10 Å². The second-order valence-corrected chi connectivity index (χ2v) is 8.46. The number of aromatic nitrogens is 3. The first kappa shape index (κ1) is 26.9. The van der Waals surface area contributed by atoms with E-state index < -0.39 is 0 Å². The molecule has 0 spiro atoms. The Morgan fingerprint density at radius 1 is 0.951 bits per heavy atom. The highest BCUT2D eigenvalue weighted by Crippen LogP contribution is 2.23. The molecule has 0 unspecified atom stereocenters. The molecule has 12 heteroatoms. The van der Waals surface area contributed by atoms with Gasteiger partial charge in [-0.3, -0.25) is 0 Å². The first-order valence-electron chi connectivity index (χ1n) is 12.7. The van der Waals surface area contributed by atoms with Gasteiger partial charge in [0, 0.05) is 11.3 Å². The number of hydrazone groups is 1. The number of nitrogens with one attached hydrogen (secondary N) is 3. The number of rotatable bonds is 12. The van der Waals surface area contributed by atoms with Crippen LogP contribution in [-0.4, -0.2) is 40.9 Å². The number of carbonyl (C=O) groups is 1. The van der Waals surface area contributed by atoms with Crippen molar-refractivity contribution in [3.05, 3.63) is 96.1 Å². The zero-order chi connectivity index (χ0) is 28.4.